The Morgan fingerprint density at radius 1 is 1.16 bits per heavy atom. The van der Waals surface area contributed by atoms with Gasteiger partial charge in [0.05, 0.1) is 35.0 Å². The number of thiophene rings is 1. The van der Waals surface area contributed by atoms with Gasteiger partial charge in [0.25, 0.3) is 0 Å². The lowest BCUT2D eigenvalue weighted by Crippen LogP contribution is -2.18. The van der Waals surface area contributed by atoms with Gasteiger partial charge in [0, 0.05) is 39.7 Å². The fraction of sp³-hybridized carbons (Fsp3) is 0.148. The number of hydrogen-bond donors (Lipinski definition) is 4. The number of fused-ring (bicyclic) bond motifs is 1. The van der Waals surface area contributed by atoms with Crippen LogP contribution in [0.5, 0.6) is 0 Å². The molecular weight excluding hydrogens is 487 g/mol. The van der Waals surface area contributed by atoms with Gasteiger partial charge in [-0.3, -0.25) is 15.4 Å². The zero-order valence-corrected chi connectivity index (χ0v) is 20.6. The summed E-state index contributed by atoms with van der Waals surface area (Å²) in [7, 11) is 0. The molecule has 0 bridgehead atoms. The highest BCUT2D eigenvalue weighted by molar-refractivity contribution is 7.14. The molecule has 0 atom stereocenters. The number of anilines is 2. The van der Waals surface area contributed by atoms with E-state index in [4.69, 9.17) is 11.1 Å². The van der Waals surface area contributed by atoms with Crippen LogP contribution in [0, 0.1) is 16.5 Å². The lowest BCUT2D eigenvalue weighted by Gasteiger charge is -2.28. The van der Waals surface area contributed by atoms with Crippen LogP contribution in [0.15, 0.2) is 67.4 Å². The highest BCUT2D eigenvalue weighted by atomic mass is 32.1. The van der Waals surface area contributed by atoms with Crippen LogP contribution < -0.4 is 11.1 Å². The van der Waals surface area contributed by atoms with E-state index in [-0.39, 0.29) is 10.8 Å². The number of aromatic amines is 1. The smallest absolute Gasteiger partial charge is 0.178 e. The third kappa shape index (κ3) is 4.36. The minimum Gasteiger partial charge on any atom is -0.397 e. The van der Waals surface area contributed by atoms with E-state index >= 15 is 0 Å². The van der Waals surface area contributed by atoms with Crippen molar-refractivity contribution in [1.82, 2.24) is 24.9 Å². The first-order valence-corrected chi connectivity index (χ1v) is 12.6. The van der Waals surface area contributed by atoms with Gasteiger partial charge < -0.3 is 16.0 Å². The van der Waals surface area contributed by atoms with Crippen molar-refractivity contribution < 1.29 is 4.39 Å². The van der Waals surface area contributed by atoms with Crippen molar-refractivity contribution in [2.24, 2.45) is 5.92 Å². The monoisotopic (exact) mass is 510 g/mol. The predicted molar refractivity (Wildman–Crippen MR) is 145 cm³/mol. The highest BCUT2D eigenvalue weighted by Crippen LogP contribution is 2.34. The maximum Gasteiger partial charge on any atom is 0.178 e. The topological polar surface area (TPSA) is 129 Å². The van der Waals surface area contributed by atoms with Crippen molar-refractivity contribution in [3.05, 3.63) is 83.9 Å². The Balaban J connectivity index is 1.32. The van der Waals surface area contributed by atoms with Crippen LogP contribution in [-0.4, -0.2) is 30.6 Å². The van der Waals surface area contributed by atoms with Crippen LogP contribution in [0.2, 0.25) is 0 Å². The summed E-state index contributed by atoms with van der Waals surface area (Å²) in [6.07, 6.45) is 10.2. The van der Waals surface area contributed by atoms with E-state index in [1.54, 1.807) is 36.8 Å². The second kappa shape index (κ2) is 9.21. The Morgan fingerprint density at radius 3 is 2.78 bits per heavy atom. The van der Waals surface area contributed by atoms with Crippen LogP contribution in [0.25, 0.3) is 32.9 Å². The predicted octanol–water partition coefficient (Wildman–Crippen LogP) is 6.01. The van der Waals surface area contributed by atoms with E-state index in [1.165, 1.54) is 18.7 Å². The molecule has 5 aromatic rings. The SMILES string of the molecule is C=C(Nc1cncc(-c2cc(C(=N)c3nc4nccc(-c5ccc(F)s5)c4[nH]3)c(N)cn2)c1)C1CCC1. The molecule has 1 saturated carbocycles. The molecule has 1 aliphatic carbocycles. The van der Waals surface area contributed by atoms with Gasteiger partial charge >= 0.3 is 0 Å². The maximum atomic E-state index is 13.6. The number of hydrogen-bond acceptors (Lipinski definition) is 8. The van der Waals surface area contributed by atoms with Gasteiger partial charge in [0.2, 0.25) is 0 Å². The Hall–Kier alpha value is -4.44. The number of halogens is 1. The molecule has 1 aliphatic rings. The molecule has 0 aliphatic heterocycles. The molecule has 5 aromatic heterocycles. The van der Waals surface area contributed by atoms with Crippen molar-refractivity contribution in [3.63, 3.8) is 0 Å². The first kappa shape index (κ1) is 23.0. The third-order valence-electron chi connectivity index (χ3n) is 6.61. The van der Waals surface area contributed by atoms with Crippen molar-refractivity contribution in [2.75, 3.05) is 11.1 Å². The minimum atomic E-state index is -0.273. The van der Waals surface area contributed by atoms with Gasteiger partial charge in [0.15, 0.2) is 16.6 Å². The van der Waals surface area contributed by atoms with Crippen LogP contribution in [0.4, 0.5) is 15.8 Å². The number of imidazole rings is 1. The van der Waals surface area contributed by atoms with Gasteiger partial charge in [-0.05, 0) is 49.1 Å². The molecule has 0 unspecified atom stereocenters. The van der Waals surface area contributed by atoms with Crippen LogP contribution in [-0.2, 0) is 0 Å². The molecule has 5 N–H and O–H groups in total. The Kier molecular flexibility index (Phi) is 5.72. The number of aromatic nitrogens is 5. The average molecular weight is 511 g/mol. The number of nitrogens with zero attached hydrogens (tertiary/aromatic N) is 4. The molecule has 37 heavy (non-hydrogen) atoms. The summed E-state index contributed by atoms with van der Waals surface area (Å²) < 4.78 is 13.6. The van der Waals surface area contributed by atoms with Gasteiger partial charge in [-0.25, -0.2) is 9.97 Å². The Bertz CT molecular complexity index is 1670. The number of H-pyrrole nitrogens is 1. The normalized spacial score (nSPS) is 13.4. The fourth-order valence-electron chi connectivity index (χ4n) is 4.35. The van der Waals surface area contributed by atoms with Crippen molar-refractivity contribution in [2.45, 2.75) is 19.3 Å². The summed E-state index contributed by atoms with van der Waals surface area (Å²) in [5.41, 5.74) is 12.3. The second-order valence-electron chi connectivity index (χ2n) is 9.02. The maximum absolute atomic E-state index is 13.6. The summed E-state index contributed by atoms with van der Waals surface area (Å²) in [5, 5.41) is 12.0. The third-order valence-corrected chi connectivity index (χ3v) is 7.52. The zero-order chi connectivity index (χ0) is 25.5. The molecule has 8 nitrogen and oxygen atoms in total. The van der Waals surface area contributed by atoms with E-state index in [0.29, 0.717) is 39.9 Å². The summed E-state index contributed by atoms with van der Waals surface area (Å²) in [4.78, 5) is 21.6. The quantitative estimate of drug-likeness (QED) is 0.199. The first-order chi connectivity index (χ1) is 18.0. The molecule has 0 radical (unpaired) electrons. The molecule has 0 aromatic carbocycles. The van der Waals surface area contributed by atoms with E-state index in [9.17, 15) is 4.39 Å². The molecule has 6 rings (SSSR count). The fourth-order valence-corrected chi connectivity index (χ4v) is 5.12. The molecule has 5 heterocycles. The molecule has 0 spiro atoms. The summed E-state index contributed by atoms with van der Waals surface area (Å²) >= 11 is 1.04. The number of nitrogens with one attached hydrogen (secondary N) is 3. The van der Waals surface area contributed by atoms with Crippen molar-refractivity contribution in [1.29, 1.82) is 5.41 Å². The lowest BCUT2D eigenvalue weighted by atomic mass is 9.83. The molecule has 184 valence electrons. The average Bonchev–Trinajstić information content (AvgIpc) is 3.49. The Labute approximate surface area is 216 Å². The van der Waals surface area contributed by atoms with Crippen molar-refractivity contribution in [3.8, 4) is 21.7 Å². The number of nitrogens with two attached hydrogens (primary N) is 1. The lowest BCUT2D eigenvalue weighted by molar-refractivity contribution is 0.371. The molecular formula is C27H23FN8S. The van der Waals surface area contributed by atoms with Crippen molar-refractivity contribution >= 4 is 39.6 Å². The van der Waals surface area contributed by atoms with E-state index < -0.39 is 0 Å². The standard InChI is InChI=1S/C27H23FN8S/c1-14(15-3-2-4-15)34-17-9-16(11-31-12-17)21-10-19(20(29)13-33-21)24(30)26-35-25-18(7-8-32-27(25)36-26)22-5-6-23(28)37-22/h5-13,15,30,34H,1-4,29H2,(H,32,35,36). The second-order valence-corrected chi connectivity index (χ2v) is 10.1. The van der Waals surface area contributed by atoms with Gasteiger partial charge in [-0.1, -0.05) is 13.0 Å². The zero-order valence-electron chi connectivity index (χ0n) is 19.8. The first-order valence-electron chi connectivity index (χ1n) is 11.8. The number of allylic oxidation sites excluding steroid dienone is 1. The summed E-state index contributed by atoms with van der Waals surface area (Å²) in [5.74, 6) is 0.809. The largest absolute Gasteiger partial charge is 0.397 e. The van der Waals surface area contributed by atoms with Gasteiger partial charge in [-0.15, -0.1) is 11.3 Å². The van der Waals surface area contributed by atoms with Gasteiger partial charge in [-0.2, -0.15) is 4.39 Å². The van der Waals surface area contributed by atoms with Crippen LogP contribution in [0.3, 0.4) is 0 Å². The Morgan fingerprint density at radius 2 is 2.03 bits per heavy atom. The van der Waals surface area contributed by atoms with E-state index in [1.807, 2.05) is 6.07 Å². The van der Waals surface area contributed by atoms with E-state index in [0.717, 1.165) is 51.6 Å². The van der Waals surface area contributed by atoms with Crippen LogP contribution >= 0.6 is 11.3 Å². The molecule has 1 fully saturated rings. The number of rotatable bonds is 7. The summed E-state index contributed by atoms with van der Waals surface area (Å²) in [6, 6.07) is 8.65. The molecule has 0 amide bonds. The minimum absolute atomic E-state index is 0.100. The number of nitrogen functional groups attached to an aromatic ring is 1. The van der Waals surface area contributed by atoms with E-state index in [2.05, 4.69) is 36.8 Å². The van der Waals surface area contributed by atoms with Crippen LogP contribution in [0.1, 0.15) is 30.7 Å². The van der Waals surface area contributed by atoms with Gasteiger partial charge in [0.1, 0.15) is 5.71 Å². The highest BCUT2D eigenvalue weighted by Gasteiger charge is 2.21. The molecule has 0 saturated heterocycles. The molecule has 10 heteroatoms. The summed E-state index contributed by atoms with van der Waals surface area (Å²) in [6.45, 7) is 4.17. The number of pyridine rings is 3.